The van der Waals surface area contributed by atoms with Gasteiger partial charge in [0, 0.05) is 23.6 Å². The summed E-state index contributed by atoms with van der Waals surface area (Å²) in [6.07, 6.45) is 3.25. The predicted molar refractivity (Wildman–Crippen MR) is 115 cm³/mol. The fourth-order valence-corrected chi connectivity index (χ4v) is 4.96. The molecule has 0 bridgehead atoms. The SMILES string of the molecule is CSCCn1c(=NC(=O)CCCSc2ccccc2)sc2cc(F)ccc21. The number of halogens is 1. The number of thiazole rings is 1. The zero-order chi connectivity index (χ0) is 19.1. The van der Waals surface area contributed by atoms with E-state index in [1.54, 1.807) is 29.6 Å². The van der Waals surface area contributed by atoms with Gasteiger partial charge in [0.15, 0.2) is 4.80 Å². The highest BCUT2D eigenvalue weighted by atomic mass is 32.2. The molecule has 0 saturated heterocycles. The number of amides is 1. The highest BCUT2D eigenvalue weighted by Crippen LogP contribution is 2.20. The van der Waals surface area contributed by atoms with E-state index in [9.17, 15) is 9.18 Å². The Hall–Kier alpha value is -1.57. The van der Waals surface area contributed by atoms with Crippen molar-refractivity contribution in [2.45, 2.75) is 24.3 Å². The summed E-state index contributed by atoms with van der Waals surface area (Å²) in [4.78, 5) is 18.5. The lowest BCUT2D eigenvalue weighted by Gasteiger charge is -2.03. The molecule has 3 aromatic rings. The third kappa shape index (κ3) is 5.70. The van der Waals surface area contributed by atoms with Crippen molar-refractivity contribution in [1.29, 1.82) is 0 Å². The lowest BCUT2D eigenvalue weighted by molar-refractivity contribution is -0.118. The molecule has 3 nitrogen and oxygen atoms in total. The van der Waals surface area contributed by atoms with Gasteiger partial charge in [0.25, 0.3) is 0 Å². The van der Waals surface area contributed by atoms with Gasteiger partial charge in [-0.2, -0.15) is 16.8 Å². The molecular formula is C20H21FN2OS3. The molecule has 0 fully saturated rings. The summed E-state index contributed by atoms with van der Waals surface area (Å²) in [5, 5.41) is 0. The Morgan fingerprint density at radius 2 is 2.00 bits per heavy atom. The molecule has 1 amide bonds. The number of nitrogens with zero attached hydrogens (tertiary/aromatic N) is 2. The van der Waals surface area contributed by atoms with Gasteiger partial charge in [-0.25, -0.2) is 4.39 Å². The van der Waals surface area contributed by atoms with Crippen molar-refractivity contribution in [2.24, 2.45) is 4.99 Å². The molecule has 0 aliphatic rings. The van der Waals surface area contributed by atoms with E-state index in [-0.39, 0.29) is 11.7 Å². The van der Waals surface area contributed by atoms with Crippen molar-refractivity contribution in [3.8, 4) is 0 Å². The first-order chi connectivity index (χ1) is 13.2. The van der Waals surface area contributed by atoms with Gasteiger partial charge in [-0.15, -0.1) is 11.8 Å². The quantitative estimate of drug-likeness (QED) is 0.371. The second kappa shape index (κ2) is 10.1. The standard InChI is InChI=1S/C20H21FN2OS3/c1-25-13-11-23-17-10-9-15(21)14-18(17)27-20(23)22-19(24)8-5-12-26-16-6-3-2-4-7-16/h2-4,6-7,9-10,14H,5,8,11-13H2,1H3. The van der Waals surface area contributed by atoms with Crippen LogP contribution in [0.15, 0.2) is 58.4 Å². The van der Waals surface area contributed by atoms with Crippen molar-refractivity contribution in [2.75, 3.05) is 17.8 Å². The van der Waals surface area contributed by atoms with Gasteiger partial charge in [-0.3, -0.25) is 4.79 Å². The van der Waals surface area contributed by atoms with Crippen LogP contribution in [0.4, 0.5) is 4.39 Å². The van der Waals surface area contributed by atoms with E-state index in [1.807, 2.05) is 29.0 Å². The van der Waals surface area contributed by atoms with E-state index >= 15 is 0 Å². The second-order valence-electron chi connectivity index (χ2n) is 5.91. The molecule has 0 radical (unpaired) electrons. The van der Waals surface area contributed by atoms with E-state index in [0.29, 0.717) is 11.2 Å². The van der Waals surface area contributed by atoms with Crippen LogP contribution >= 0.6 is 34.9 Å². The Balaban J connectivity index is 1.69. The third-order valence-corrected chi connectivity index (χ3v) is 6.66. The smallest absolute Gasteiger partial charge is 0.248 e. The maximum absolute atomic E-state index is 13.5. The highest BCUT2D eigenvalue weighted by Gasteiger charge is 2.09. The van der Waals surface area contributed by atoms with E-state index in [4.69, 9.17) is 0 Å². The number of hydrogen-bond donors (Lipinski definition) is 0. The zero-order valence-corrected chi connectivity index (χ0v) is 17.5. The van der Waals surface area contributed by atoms with E-state index in [2.05, 4.69) is 17.1 Å². The van der Waals surface area contributed by atoms with E-state index in [0.717, 1.165) is 34.7 Å². The lowest BCUT2D eigenvalue weighted by Crippen LogP contribution is -2.18. The number of carbonyl (C=O) groups is 1. The van der Waals surface area contributed by atoms with Crippen molar-refractivity contribution < 1.29 is 9.18 Å². The minimum atomic E-state index is -0.267. The number of aromatic nitrogens is 1. The number of carbonyl (C=O) groups excluding carboxylic acids is 1. The predicted octanol–water partition coefficient (Wildman–Crippen LogP) is 5.20. The first kappa shape index (κ1) is 20.2. The Kier molecular flexibility index (Phi) is 7.55. The molecule has 0 unspecified atom stereocenters. The van der Waals surface area contributed by atoms with Crippen LogP contribution in [0.1, 0.15) is 12.8 Å². The molecule has 1 heterocycles. The Labute approximate surface area is 170 Å². The van der Waals surface area contributed by atoms with Crippen molar-refractivity contribution in [1.82, 2.24) is 4.57 Å². The van der Waals surface area contributed by atoms with Gasteiger partial charge < -0.3 is 4.57 Å². The van der Waals surface area contributed by atoms with E-state index < -0.39 is 0 Å². The summed E-state index contributed by atoms with van der Waals surface area (Å²) >= 11 is 4.86. The number of thioether (sulfide) groups is 2. The molecule has 0 aliphatic carbocycles. The highest BCUT2D eigenvalue weighted by molar-refractivity contribution is 7.99. The monoisotopic (exact) mass is 420 g/mol. The average molecular weight is 421 g/mol. The van der Waals surface area contributed by atoms with Gasteiger partial charge >= 0.3 is 0 Å². The molecule has 1 aromatic heterocycles. The zero-order valence-electron chi connectivity index (χ0n) is 15.1. The third-order valence-electron chi connectivity index (χ3n) is 3.93. The number of benzene rings is 2. The molecule has 0 N–H and O–H groups in total. The molecule has 0 atom stereocenters. The summed E-state index contributed by atoms with van der Waals surface area (Å²) in [5.41, 5.74) is 0.932. The normalized spacial score (nSPS) is 12.0. The van der Waals surface area contributed by atoms with Gasteiger partial charge in [-0.05, 0) is 48.8 Å². The van der Waals surface area contributed by atoms with Crippen molar-refractivity contribution >= 4 is 51.0 Å². The molecule has 0 aliphatic heterocycles. The van der Waals surface area contributed by atoms with Crippen LogP contribution in [0.3, 0.4) is 0 Å². The fraction of sp³-hybridized carbons (Fsp3) is 0.300. The summed E-state index contributed by atoms with van der Waals surface area (Å²) in [5.74, 6) is 1.42. The Morgan fingerprint density at radius 3 is 2.78 bits per heavy atom. The van der Waals surface area contributed by atoms with Crippen LogP contribution in [0.25, 0.3) is 10.2 Å². The molecule has 0 saturated carbocycles. The molecule has 7 heteroatoms. The lowest BCUT2D eigenvalue weighted by atomic mass is 10.3. The van der Waals surface area contributed by atoms with Crippen molar-refractivity contribution in [3.63, 3.8) is 0 Å². The number of rotatable bonds is 8. The Morgan fingerprint density at radius 1 is 1.19 bits per heavy atom. The maximum atomic E-state index is 13.5. The summed E-state index contributed by atoms with van der Waals surface area (Å²) in [7, 11) is 0. The first-order valence-corrected chi connectivity index (χ1v) is 11.9. The molecular weight excluding hydrogens is 399 g/mol. The fourth-order valence-electron chi connectivity index (χ4n) is 2.62. The van der Waals surface area contributed by atoms with Crippen LogP contribution < -0.4 is 4.80 Å². The van der Waals surface area contributed by atoms with Gasteiger partial charge in [0.1, 0.15) is 5.82 Å². The summed E-state index contributed by atoms with van der Waals surface area (Å²) < 4.78 is 16.4. The van der Waals surface area contributed by atoms with Crippen LogP contribution in [-0.4, -0.2) is 28.2 Å². The average Bonchev–Trinajstić information content (AvgIpc) is 3.00. The van der Waals surface area contributed by atoms with Gasteiger partial charge in [0.05, 0.1) is 10.2 Å². The van der Waals surface area contributed by atoms with Crippen LogP contribution in [0.2, 0.25) is 0 Å². The molecule has 142 valence electrons. The summed E-state index contributed by atoms with van der Waals surface area (Å²) in [6, 6.07) is 14.9. The summed E-state index contributed by atoms with van der Waals surface area (Å²) in [6.45, 7) is 0.753. The van der Waals surface area contributed by atoms with Gasteiger partial charge in [-0.1, -0.05) is 29.5 Å². The van der Waals surface area contributed by atoms with Crippen LogP contribution in [0.5, 0.6) is 0 Å². The minimum Gasteiger partial charge on any atom is -0.316 e. The molecule has 27 heavy (non-hydrogen) atoms. The molecule has 0 spiro atoms. The number of fused-ring (bicyclic) bond motifs is 1. The largest absolute Gasteiger partial charge is 0.316 e. The number of aryl methyl sites for hydroxylation is 1. The first-order valence-electron chi connectivity index (χ1n) is 8.70. The molecule has 2 aromatic carbocycles. The minimum absolute atomic E-state index is 0.117. The van der Waals surface area contributed by atoms with Crippen LogP contribution in [0, 0.1) is 5.82 Å². The van der Waals surface area contributed by atoms with E-state index in [1.165, 1.54) is 28.4 Å². The number of hydrogen-bond acceptors (Lipinski definition) is 4. The van der Waals surface area contributed by atoms with Crippen LogP contribution in [-0.2, 0) is 11.3 Å². The molecule has 3 rings (SSSR count). The second-order valence-corrected chi connectivity index (χ2v) is 9.07. The van der Waals surface area contributed by atoms with Crippen molar-refractivity contribution in [3.05, 3.63) is 59.1 Å². The Bertz CT molecular complexity index is 966. The topological polar surface area (TPSA) is 34.4 Å². The maximum Gasteiger partial charge on any atom is 0.248 e. The van der Waals surface area contributed by atoms with Gasteiger partial charge in [0.2, 0.25) is 5.91 Å².